The lowest BCUT2D eigenvalue weighted by atomic mass is 9.44. The molecule has 0 spiro atoms. The topological polar surface area (TPSA) is 12.0 Å². The van der Waals surface area contributed by atoms with Gasteiger partial charge in [0.25, 0.3) is 0 Å². The highest BCUT2D eigenvalue weighted by Gasteiger charge is 2.60. The third-order valence-corrected chi connectivity index (χ3v) is 10.1. The molecule has 0 heterocycles. The lowest BCUT2D eigenvalue weighted by Crippen LogP contribution is -2.54. The van der Waals surface area contributed by atoms with Crippen LogP contribution < -0.4 is 5.32 Å². The Hall–Kier alpha value is -1.05. The molecule has 1 aromatic carbocycles. The molecule has 4 saturated carbocycles. The van der Waals surface area contributed by atoms with Crippen molar-refractivity contribution in [1.29, 1.82) is 0 Å². The molecule has 0 radical (unpaired) electrons. The van der Waals surface area contributed by atoms with Crippen molar-refractivity contribution in [3.63, 3.8) is 0 Å². The zero-order valence-corrected chi connectivity index (χ0v) is 18.0. The Morgan fingerprint density at radius 3 is 2.36 bits per heavy atom. The Morgan fingerprint density at radius 2 is 1.57 bits per heavy atom. The first-order chi connectivity index (χ1) is 13.4. The maximum atomic E-state index is 13.3. The Bertz CT molecular complexity index is 714. The smallest absolute Gasteiger partial charge is 0.123 e. The molecule has 0 aliphatic heterocycles. The molecule has 1 aromatic rings. The van der Waals surface area contributed by atoms with Crippen molar-refractivity contribution < 1.29 is 4.39 Å². The van der Waals surface area contributed by atoms with Gasteiger partial charge < -0.3 is 5.32 Å². The summed E-state index contributed by atoms with van der Waals surface area (Å²) in [5.74, 6) is 4.56. The molecule has 0 saturated heterocycles. The van der Waals surface area contributed by atoms with Gasteiger partial charge in [0, 0.05) is 11.7 Å². The summed E-state index contributed by atoms with van der Waals surface area (Å²) in [5, 5.41) is 3.81. The normalized spacial score (nSPS) is 47.7. The van der Waals surface area contributed by atoms with Crippen LogP contribution in [0.25, 0.3) is 0 Å². The summed E-state index contributed by atoms with van der Waals surface area (Å²) >= 11 is 0. The minimum Gasteiger partial charge on any atom is -0.382 e. The maximum Gasteiger partial charge on any atom is 0.123 e. The largest absolute Gasteiger partial charge is 0.382 e. The molecule has 28 heavy (non-hydrogen) atoms. The average molecular weight is 384 g/mol. The van der Waals surface area contributed by atoms with Gasteiger partial charge in [0.2, 0.25) is 0 Å². The molecule has 5 rings (SSSR count). The first kappa shape index (κ1) is 18.9. The van der Waals surface area contributed by atoms with E-state index in [4.69, 9.17) is 0 Å². The first-order valence-corrected chi connectivity index (χ1v) is 11.9. The fourth-order valence-electron chi connectivity index (χ4n) is 8.46. The molecule has 4 aliphatic carbocycles. The van der Waals surface area contributed by atoms with Crippen LogP contribution in [-0.2, 0) is 0 Å². The highest BCUT2D eigenvalue weighted by Crippen LogP contribution is 2.66. The van der Waals surface area contributed by atoms with E-state index in [1.165, 1.54) is 57.8 Å². The fourth-order valence-corrected chi connectivity index (χ4v) is 8.46. The van der Waals surface area contributed by atoms with Crippen molar-refractivity contribution in [1.82, 2.24) is 0 Å². The van der Waals surface area contributed by atoms with Crippen LogP contribution in [0.1, 0.15) is 78.6 Å². The van der Waals surface area contributed by atoms with Gasteiger partial charge in [-0.3, -0.25) is 0 Å². The van der Waals surface area contributed by atoms with Crippen LogP contribution in [0.5, 0.6) is 0 Å². The molecule has 8 atom stereocenters. The van der Waals surface area contributed by atoms with Gasteiger partial charge in [-0.15, -0.1) is 0 Å². The summed E-state index contributed by atoms with van der Waals surface area (Å²) in [6, 6.07) is 7.53. The number of rotatable bonds is 2. The molecule has 4 aliphatic rings. The van der Waals surface area contributed by atoms with Crippen LogP contribution in [0.15, 0.2) is 24.3 Å². The standard InChI is InChI=1S/C26H38FN/c1-17-12-14-25(2)18(16-17)4-9-21-22-10-11-24(26(22,3)15-13-23(21)25)28-20-7-5-19(27)6-8-20/h5-8,17-18,21-24,28H,4,9-16H2,1-3H3. The van der Waals surface area contributed by atoms with E-state index in [1.807, 2.05) is 12.1 Å². The van der Waals surface area contributed by atoms with E-state index < -0.39 is 0 Å². The average Bonchev–Trinajstić information content (AvgIpc) is 3.00. The third-order valence-electron chi connectivity index (χ3n) is 10.1. The van der Waals surface area contributed by atoms with Crippen molar-refractivity contribution >= 4 is 5.69 Å². The van der Waals surface area contributed by atoms with Gasteiger partial charge >= 0.3 is 0 Å². The predicted molar refractivity (Wildman–Crippen MR) is 115 cm³/mol. The lowest BCUT2D eigenvalue weighted by molar-refractivity contribution is -0.111. The van der Waals surface area contributed by atoms with Crippen molar-refractivity contribution in [2.75, 3.05) is 5.32 Å². The summed E-state index contributed by atoms with van der Waals surface area (Å²) in [6.07, 6.45) is 12.8. The second kappa shape index (κ2) is 6.74. The molecule has 4 fully saturated rings. The maximum absolute atomic E-state index is 13.3. The van der Waals surface area contributed by atoms with Gasteiger partial charge in [0.15, 0.2) is 0 Å². The van der Waals surface area contributed by atoms with Gasteiger partial charge in [0.05, 0.1) is 0 Å². The first-order valence-electron chi connectivity index (χ1n) is 11.9. The number of fused-ring (bicyclic) bond motifs is 5. The van der Waals surface area contributed by atoms with Gasteiger partial charge in [-0.1, -0.05) is 27.2 Å². The van der Waals surface area contributed by atoms with Crippen LogP contribution in [0.3, 0.4) is 0 Å². The van der Waals surface area contributed by atoms with E-state index in [9.17, 15) is 4.39 Å². The highest BCUT2D eigenvalue weighted by atomic mass is 19.1. The van der Waals surface area contributed by atoms with Crippen LogP contribution in [-0.4, -0.2) is 6.04 Å². The molecule has 154 valence electrons. The van der Waals surface area contributed by atoms with Gasteiger partial charge in [-0.05, 0) is 116 Å². The fraction of sp³-hybridized carbons (Fsp3) is 0.769. The SMILES string of the molecule is CC1CCC2(C)C(CCC3C2CCC2(C)C(Nc4ccc(F)cc4)CCC32)C1. The molecule has 0 amide bonds. The molecule has 2 heteroatoms. The lowest BCUT2D eigenvalue weighted by Gasteiger charge is -2.61. The van der Waals surface area contributed by atoms with Crippen LogP contribution >= 0.6 is 0 Å². The summed E-state index contributed by atoms with van der Waals surface area (Å²) in [5.41, 5.74) is 2.10. The summed E-state index contributed by atoms with van der Waals surface area (Å²) in [6.45, 7) is 7.72. The van der Waals surface area contributed by atoms with E-state index in [0.29, 0.717) is 16.9 Å². The van der Waals surface area contributed by atoms with Crippen molar-refractivity contribution in [3.05, 3.63) is 30.1 Å². The van der Waals surface area contributed by atoms with Gasteiger partial charge in [-0.2, -0.15) is 0 Å². The van der Waals surface area contributed by atoms with Crippen molar-refractivity contribution in [2.45, 2.75) is 84.6 Å². The molecular formula is C26H38FN. The number of anilines is 1. The van der Waals surface area contributed by atoms with Crippen LogP contribution in [0, 0.1) is 46.2 Å². The number of hydrogen-bond donors (Lipinski definition) is 1. The summed E-state index contributed by atoms with van der Waals surface area (Å²) < 4.78 is 13.3. The monoisotopic (exact) mass is 383 g/mol. The van der Waals surface area contributed by atoms with Gasteiger partial charge in [0.1, 0.15) is 5.82 Å². The summed E-state index contributed by atoms with van der Waals surface area (Å²) in [7, 11) is 0. The summed E-state index contributed by atoms with van der Waals surface area (Å²) in [4.78, 5) is 0. The molecule has 8 unspecified atom stereocenters. The highest BCUT2D eigenvalue weighted by molar-refractivity contribution is 5.44. The zero-order chi connectivity index (χ0) is 19.5. The third kappa shape index (κ3) is 2.84. The molecule has 1 nitrogen and oxygen atoms in total. The Morgan fingerprint density at radius 1 is 0.857 bits per heavy atom. The number of benzene rings is 1. The second-order valence-electron chi connectivity index (χ2n) is 11.4. The second-order valence-corrected chi connectivity index (χ2v) is 11.4. The van der Waals surface area contributed by atoms with E-state index >= 15 is 0 Å². The Kier molecular flexibility index (Phi) is 4.56. The Balaban J connectivity index is 1.36. The number of hydrogen-bond acceptors (Lipinski definition) is 1. The van der Waals surface area contributed by atoms with E-state index in [0.717, 1.165) is 35.3 Å². The quantitative estimate of drug-likeness (QED) is 0.565. The van der Waals surface area contributed by atoms with Crippen molar-refractivity contribution in [2.24, 2.45) is 40.4 Å². The number of halogens is 1. The van der Waals surface area contributed by atoms with Gasteiger partial charge in [-0.25, -0.2) is 4.39 Å². The molecule has 0 bridgehead atoms. The minimum atomic E-state index is -0.145. The predicted octanol–water partition coefficient (Wildman–Crippen LogP) is 7.29. The van der Waals surface area contributed by atoms with E-state index in [1.54, 1.807) is 12.1 Å². The zero-order valence-electron chi connectivity index (χ0n) is 18.0. The van der Waals surface area contributed by atoms with Crippen LogP contribution in [0.4, 0.5) is 10.1 Å². The van der Waals surface area contributed by atoms with E-state index in [2.05, 4.69) is 26.1 Å². The van der Waals surface area contributed by atoms with Crippen molar-refractivity contribution in [3.8, 4) is 0 Å². The van der Waals surface area contributed by atoms with Crippen LogP contribution in [0.2, 0.25) is 0 Å². The minimum absolute atomic E-state index is 0.145. The number of nitrogens with one attached hydrogen (secondary N) is 1. The van der Waals surface area contributed by atoms with E-state index in [-0.39, 0.29) is 5.82 Å². The molecule has 1 N–H and O–H groups in total. The molecule has 0 aromatic heterocycles. The Labute approximate surface area is 170 Å². The molecular weight excluding hydrogens is 345 g/mol.